The van der Waals surface area contributed by atoms with Crippen molar-refractivity contribution in [2.24, 2.45) is 28.6 Å². The Hall–Kier alpha value is -2.19. The van der Waals surface area contributed by atoms with Gasteiger partial charge in [0.1, 0.15) is 19.0 Å². The normalized spacial score (nSPS) is 43.1. The number of esters is 2. The molecule has 1 aliphatic heterocycles. The van der Waals surface area contributed by atoms with Crippen molar-refractivity contribution in [3.63, 3.8) is 0 Å². The van der Waals surface area contributed by atoms with Crippen LogP contribution in [0.2, 0.25) is 0 Å². The number of fused-ring (bicyclic) bond motifs is 2. The smallest absolute Gasteiger partial charge is 0.313 e. The van der Waals surface area contributed by atoms with Crippen molar-refractivity contribution < 1.29 is 38.5 Å². The van der Waals surface area contributed by atoms with Crippen LogP contribution < -0.4 is 0 Å². The minimum absolute atomic E-state index is 0.156. The lowest BCUT2D eigenvalue weighted by molar-refractivity contribution is -0.223. The maximum absolute atomic E-state index is 13.4. The van der Waals surface area contributed by atoms with Gasteiger partial charge in [-0.2, -0.15) is 0 Å². The van der Waals surface area contributed by atoms with Gasteiger partial charge in [0.2, 0.25) is 0 Å². The zero-order valence-corrected chi connectivity index (χ0v) is 17.2. The van der Waals surface area contributed by atoms with Crippen LogP contribution in [0.25, 0.3) is 0 Å². The summed E-state index contributed by atoms with van der Waals surface area (Å²) in [5, 5.41) is 21.8. The fourth-order valence-electron chi connectivity index (χ4n) is 6.35. The third-order valence-corrected chi connectivity index (χ3v) is 7.83. The van der Waals surface area contributed by atoms with Crippen LogP contribution in [-0.2, 0) is 23.9 Å². The highest BCUT2D eigenvalue weighted by Gasteiger charge is 2.71. The van der Waals surface area contributed by atoms with Gasteiger partial charge in [-0.05, 0) is 37.2 Å². The quantitative estimate of drug-likeness (QED) is 0.558. The summed E-state index contributed by atoms with van der Waals surface area (Å²) in [5.74, 6) is -2.49. The van der Waals surface area contributed by atoms with E-state index in [1.807, 2.05) is 6.92 Å². The van der Waals surface area contributed by atoms with Crippen LogP contribution in [0.5, 0.6) is 0 Å². The van der Waals surface area contributed by atoms with Crippen LogP contribution >= 0.6 is 0 Å². The van der Waals surface area contributed by atoms with E-state index in [1.54, 1.807) is 6.07 Å². The van der Waals surface area contributed by atoms with E-state index < -0.39 is 52.9 Å². The van der Waals surface area contributed by atoms with Gasteiger partial charge >= 0.3 is 11.9 Å². The van der Waals surface area contributed by atoms with Gasteiger partial charge in [-0.1, -0.05) is 6.92 Å². The van der Waals surface area contributed by atoms with Crippen molar-refractivity contribution in [2.45, 2.75) is 57.8 Å². The zero-order valence-electron chi connectivity index (χ0n) is 17.2. The SMILES string of the molecule is CC(=O)OC[C@@]12[C@H](O)C[C@@H](C)[C@]3(C[C@@H](c4ccoc4)OC3=O)[C@H]1C[C@H](O)C[C@@H]2C=O. The highest BCUT2D eigenvalue weighted by atomic mass is 16.6. The number of furan rings is 1. The molecule has 0 unspecified atom stereocenters. The number of hydrogen-bond acceptors (Lipinski definition) is 8. The molecule has 3 fully saturated rings. The second-order valence-electron chi connectivity index (χ2n) is 9.16. The number of carbonyl (C=O) groups is 3. The van der Waals surface area contributed by atoms with Crippen molar-refractivity contribution in [2.75, 3.05) is 6.61 Å². The average Bonchev–Trinajstić information content (AvgIpc) is 3.33. The van der Waals surface area contributed by atoms with Crippen LogP contribution in [0.15, 0.2) is 23.0 Å². The minimum atomic E-state index is -1.15. The van der Waals surface area contributed by atoms with Crippen LogP contribution in [-0.4, -0.2) is 47.3 Å². The lowest BCUT2D eigenvalue weighted by atomic mass is 9.42. The van der Waals surface area contributed by atoms with Gasteiger partial charge in [0, 0.05) is 30.2 Å². The lowest BCUT2D eigenvalue weighted by Gasteiger charge is -2.61. The predicted molar refractivity (Wildman–Crippen MR) is 102 cm³/mol. The lowest BCUT2D eigenvalue weighted by Crippen LogP contribution is -2.66. The van der Waals surface area contributed by atoms with E-state index in [4.69, 9.17) is 13.9 Å². The molecule has 0 bridgehead atoms. The summed E-state index contributed by atoms with van der Waals surface area (Å²) in [4.78, 5) is 37.1. The number of hydrogen-bond donors (Lipinski definition) is 2. The number of aliphatic hydroxyl groups excluding tert-OH is 2. The third-order valence-electron chi connectivity index (χ3n) is 7.83. The Morgan fingerprint density at radius 1 is 1.33 bits per heavy atom. The van der Waals surface area contributed by atoms with E-state index in [9.17, 15) is 24.6 Å². The van der Waals surface area contributed by atoms with Crippen molar-refractivity contribution >= 4 is 18.2 Å². The molecule has 8 nitrogen and oxygen atoms in total. The molecule has 1 aromatic rings. The Labute approximate surface area is 174 Å². The Kier molecular flexibility index (Phi) is 5.26. The maximum atomic E-state index is 13.4. The Bertz CT molecular complexity index is 819. The van der Waals surface area contributed by atoms with Gasteiger partial charge in [0.25, 0.3) is 0 Å². The van der Waals surface area contributed by atoms with Gasteiger partial charge in [0.15, 0.2) is 0 Å². The number of cyclic esters (lactones) is 1. The predicted octanol–water partition coefficient (Wildman–Crippen LogP) is 1.79. The average molecular weight is 420 g/mol. The van der Waals surface area contributed by atoms with E-state index >= 15 is 0 Å². The fraction of sp³-hybridized carbons (Fsp3) is 0.682. The van der Waals surface area contributed by atoms with Gasteiger partial charge in [0.05, 0.1) is 30.1 Å². The van der Waals surface area contributed by atoms with Crippen molar-refractivity contribution in [3.05, 3.63) is 24.2 Å². The Balaban J connectivity index is 1.82. The monoisotopic (exact) mass is 420 g/mol. The molecule has 8 heteroatoms. The van der Waals surface area contributed by atoms with E-state index in [0.29, 0.717) is 6.42 Å². The first kappa shape index (κ1) is 21.1. The second kappa shape index (κ2) is 7.50. The highest BCUT2D eigenvalue weighted by molar-refractivity contribution is 5.81. The largest absolute Gasteiger partial charge is 0.472 e. The van der Waals surface area contributed by atoms with E-state index in [1.165, 1.54) is 19.5 Å². The molecule has 0 aromatic carbocycles. The van der Waals surface area contributed by atoms with Crippen molar-refractivity contribution in [1.29, 1.82) is 0 Å². The van der Waals surface area contributed by atoms with Crippen LogP contribution in [0.1, 0.15) is 51.2 Å². The van der Waals surface area contributed by atoms with Crippen molar-refractivity contribution in [3.8, 4) is 0 Å². The van der Waals surface area contributed by atoms with Crippen LogP contribution in [0.3, 0.4) is 0 Å². The first-order valence-corrected chi connectivity index (χ1v) is 10.4. The zero-order chi connectivity index (χ0) is 21.7. The van der Waals surface area contributed by atoms with E-state index in [0.717, 1.165) is 11.8 Å². The molecule has 4 rings (SSSR count). The first-order chi connectivity index (χ1) is 14.3. The molecule has 1 saturated heterocycles. The molecule has 30 heavy (non-hydrogen) atoms. The van der Waals surface area contributed by atoms with Crippen LogP contribution in [0.4, 0.5) is 0 Å². The topological polar surface area (TPSA) is 123 Å². The molecule has 2 heterocycles. The number of aliphatic hydroxyl groups is 2. The standard InChI is InChI=1S/C22H28O8/c1-12-5-19(26)22(11-29-13(2)24)15(9-23)6-16(25)7-18(22)21(12)8-17(30-20(21)27)14-3-4-28-10-14/h3-4,9-10,12,15-19,25-26H,5-8,11H2,1-2H3/t12-,15-,16-,17+,18-,19-,21-,22+/m1/s1. The van der Waals surface area contributed by atoms with E-state index in [-0.39, 0.29) is 31.8 Å². The number of rotatable bonds is 4. The summed E-state index contributed by atoms with van der Waals surface area (Å²) >= 11 is 0. The molecule has 0 radical (unpaired) electrons. The number of ether oxygens (including phenoxy) is 2. The molecule has 2 aliphatic carbocycles. The van der Waals surface area contributed by atoms with Gasteiger partial charge in [-0.15, -0.1) is 0 Å². The molecule has 3 aliphatic rings. The van der Waals surface area contributed by atoms with Crippen LogP contribution in [0, 0.1) is 28.6 Å². The van der Waals surface area contributed by atoms with Gasteiger partial charge < -0.3 is 28.9 Å². The molecular weight excluding hydrogens is 392 g/mol. The summed E-state index contributed by atoms with van der Waals surface area (Å²) in [7, 11) is 0. The molecule has 1 aromatic heterocycles. The van der Waals surface area contributed by atoms with Gasteiger partial charge in [-0.3, -0.25) is 9.59 Å². The highest BCUT2D eigenvalue weighted by Crippen LogP contribution is 2.66. The molecular formula is C22H28O8. The summed E-state index contributed by atoms with van der Waals surface area (Å²) < 4.78 is 16.3. The number of aldehydes is 1. The van der Waals surface area contributed by atoms with Crippen molar-refractivity contribution in [1.82, 2.24) is 0 Å². The molecule has 2 N–H and O–H groups in total. The fourth-order valence-corrected chi connectivity index (χ4v) is 6.35. The second-order valence-corrected chi connectivity index (χ2v) is 9.16. The summed E-state index contributed by atoms with van der Waals surface area (Å²) in [6, 6.07) is 1.75. The molecule has 2 saturated carbocycles. The summed E-state index contributed by atoms with van der Waals surface area (Å²) in [5.41, 5.74) is -1.42. The molecule has 8 atom stereocenters. The molecule has 1 spiro atoms. The summed E-state index contributed by atoms with van der Waals surface area (Å²) in [6.07, 6.45) is 2.51. The molecule has 0 amide bonds. The number of carbonyl (C=O) groups excluding carboxylic acids is 3. The van der Waals surface area contributed by atoms with E-state index in [2.05, 4.69) is 0 Å². The molecule has 164 valence electrons. The Morgan fingerprint density at radius 2 is 2.10 bits per heavy atom. The third kappa shape index (κ3) is 2.92. The first-order valence-electron chi connectivity index (χ1n) is 10.4. The Morgan fingerprint density at radius 3 is 2.73 bits per heavy atom. The minimum Gasteiger partial charge on any atom is -0.472 e. The maximum Gasteiger partial charge on any atom is 0.313 e. The van der Waals surface area contributed by atoms with Gasteiger partial charge in [-0.25, -0.2) is 0 Å². The summed E-state index contributed by atoms with van der Waals surface area (Å²) in [6.45, 7) is 2.99.